The average Bonchev–Trinajstić information content (AvgIpc) is 3.07. The fourth-order valence-electron chi connectivity index (χ4n) is 2.74. The van der Waals surface area contributed by atoms with Crippen molar-refractivity contribution in [3.63, 3.8) is 0 Å². The van der Waals surface area contributed by atoms with Gasteiger partial charge in [-0.3, -0.25) is 4.79 Å². The number of carbonyl (C=O) groups excluding carboxylic acids is 1. The van der Waals surface area contributed by atoms with Crippen LogP contribution >= 0.6 is 15.9 Å². The van der Waals surface area contributed by atoms with Gasteiger partial charge in [0.1, 0.15) is 11.4 Å². The molecule has 0 atom stereocenters. The van der Waals surface area contributed by atoms with Crippen LogP contribution in [0.2, 0.25) is 0 Å². The molecule has 1 N–H and O–H groups in total. The summed E-state index contributed by atoms with van der Waals surface area (Å²) in [6.45, 7) is 0.726. The summed E-state index contributed by atoms with van der Waals surface area (Å²) in [7, 11) is 0. The second kappa shape index (κ2) is 4.91. The molecule has 0 saturated heterocycles. The summed E-state index contributed by atoms with van der Waals surface area (Å²) < 4.78 is 8.49. The minimum atomic E-state index is -0.0635. The molecule has 1 aromatic carbocycles. The Hall–Kier alpha value is -1.75. The Morgan fingerprint density at radius 2 is 2.19 bits per heavy atom. The third-order valence-corrected chi connectivity index (χ3v) is 4.37. The van der Waals surface area contributed by atoms with E-state index >= 15 is 0 Å². The molecule has 4 nitrogen and oxygen atoms in total. The number of hydrogen-bond acceptors (Lipinski definition) is 2. The van der Waals surface area contributed by atoms with Crippen molar-refractivity contribution in [2.45, 2.75) is 25.3 Å². The number of anilines is 1. The van der Waals surface area contributed by atoms with E-state index in [1.165, 1.54) is 0 Å². The molecule has 1 amide bonds. The minimum Gasteiger partial charge on any atom is -0.493 e. The molecule has 1 aromatic heterocycles. The largest absolute Gasteiger partial charge is 0.493 e. The van der Waals surface area contributed by atoms with Gasteiger partial charge >= 0.3 is 0 Å². The fraction of sp³-hybridized carbons (Fsp3) is 0.312. The van der Waals surface area contributed by atoms with Gasteiger partial charge in [-0.05, 0) is 58.6 Å². The summed E-state index contributed by atoms with van der Waals surface area (Å²) in [5, 5.41) is 2.99. The Kier molecular flexibility index (Phi) is 3.03. The van der Waals surface area contributed by atoms with Crippen molar-refractivity contribution in [2.24, 2.45) is 0 Å². The first kappa shape index (κ1) is 13.0. The minimum absolute atomic E-state index is 0.0635. The molecule has 108 valence electrons. The number of amides is 1. The van der Waals surface area contributed by atoms with E-state index in [0.717, 1.165) is 47.3 Å². The van der Waals surface area contributed by atoms with E-state index < -0.39 is 0 Å². The van der Waals surface area contributed by atoms with Gasteiger partial charge in [0.05, 0.1) is 6.61 Å². The van der Waals surface area contributed by atoms with E-state index in [1.54, 1.807) is 0 Å². The Bertz CT molecular complexity index is 719. The second-order valence-corrected chi connectivity index (χ2v) is 6.47. The molecule has 1 fully saturated rings. The van der Waals surface area contributed by atoms with Crippen LogP contribution in [0.15, 0.2) is 34.9 Å². The van der Waals surface area contributed by atoms with Crippen LogP contribution in [-0.2, 0) is 6.42 Å². The van der Waals surface area contributed by atoms with Gasteiger partial charge in [-0.2, -0.15) is 0 Å². The molecule has 2 aromatic rings. The molecule has 0 spiro atoms. The van der Waals surface area contributed by atoms with Crippen LogP contribution in [0.1, 0.15) is 34.9 Å². The first-order chi connectivity index (χ1) is 10.2. The van der Waals surface area contributed by atoms with E-state index in [0.29, 0.717) is 11.7 Å². The van der Waals surface area contributed by atoms with Crippen LogP contribution in [0.5, 0.6) is 5.75 Å². The highest BCUT2D eigenvalue weighted by atomic mass is 79.9. The maximum atomic E-state index is 12.5. The molecule has 21 heavy (non-hydrogen) atoms. The predicted octanol–water partition coefficient (Wildman–Crippen LogP) is 3.77. The molecule has 0 radical (unpaired) electrons. The summed E-state index contributed by atoms with van der Waals surface area (Å²) in [5.41, 5.74) is 2.69. The summed E-state index contributed by atoms with van der Waals surface area (Å²) in [6, 6.07) is 8.17. The Morgan fingerprint density at radius 3 is 3.00 bits per heavy atom. The number of aromatic nitrogens is 1. The number of nitrogens with zero attached hydrogens (tertiary/aromatic N) is 1. The van der Waals surface area contributed by atoms with Gasteiger partial charge in [0.15, 0.2) is 0 Å². The lowest BCUT2D eigenvalue weighted by molar-refractivity contribution is 0.101. The van der Waals surface area contributed by atoms with Crippen LogP contribution in [0, 0.1) is 0 Å². The van der Waals surface area contributed by atoms with Gasteiger partial charge in [0.25, 0.3) is 5.91 Å². The normalized spacial score (nSPS) is 16.4. The lowest BCUT2D eigenvalue weighted by Crippen LogP contribution is -2.16. The number of halogens is 1. The highest BCUT2D eigenvalue weighted by molar-refractivity contribution is 9.10. The zero-order valence-corrected chi connectivity index (χ0v) is 13.0. The zero-order valence-electron chi connectivity index (χ0n) is 11.4. The topological polar surface area (TPSA) is 43.3 Å². The lowest BCUT2D eigenvalue weighted by Gasteiger charge is -2.09. The van der Waals surface area contributed by atoms with Crippen molar-refractivity contribution in [1.82, 2.24) is 4.57 Å². The molecular weight excluding hydrogens is 332 g/mol. The van der Waals surface area contributed by atoms with Crippen LogP contribution < -0.4 is 10.1 Å². The SMILES string of the molecule is O=C(Nc1ccc2c(c1)CCO2)c1cc(Br)cn1C1CC1. The van der Waals surface area contributed by atoms with Gasteiger partial charge in [-0.1, -0.05) is 0 Å². The molecule has 0 bridgehead atoms. The standard InChI is InChI=1S/C16H15BrN2O2/c17-11-8-14(19(9-11)13-2-3-13)16(20)18-12-1-4-15-10(7-12)5-6-21-15/h1,4,7-9,13H,2-3,5-6H2,(H,18,20). The van der Waals surface area contributed by atoms with Crippen LogP contribution in [0.3, 0.4) is 0 Å². The molecule has 1 aliphatic heterocycles. The smallest absolute Gasteiger partial charge is 0.272 e. The molecular formula is C16H15BrN2O2. The van der Waals surface area contributed by atoms with Crippen LogP contribution in [-0.4, -0.2) is 17.1 Å². The van der Waals surface area contributed by atoms with Gasteiger partial charge in [-0.25, -0.2) is 0 Å². The average molecular weight is 347 g/mol. The third-order valence-electron chi connectivity index (χ3n) is 3.94. The van der Waals surface area contributed by atoms with Gasteiger partial charge < -0.3 is 14.6 Å². The predicted molar refractivity (Wildman–Crippen MR) is 84.0 cm³/mol. The maximum absolute atomic E-state index is 12.5. The maximum Gasteiger partial charge on any atom is 0.272 e. The second-order valence-electron chi connectivity index (χ2n) is 5.56. The van der Waals surface area contributed by atoms with Crippen molar-refractivity contribution in [3.05, 3.63) is 46.2 Å². The van der Waals surface area contributed by atoms with Crippen molar-refractivity contribution < 1.29 is 9.53 Å². The third kappa shape index (κ3) is 2.46. The number of carbonyl (C=O) groups is 1. The number of ether oxygens (including phenoxy) is 1. The van der Waals surface area contributed by atoms with Gasteiger partial charge in [-0.15, -0.1) is 0 Å². The number of fused-ring (bicyclic) bond motifs is 1. The number of nitrogens with one attached hydrogen (secondary N) is 1. The summed E-state index contributed by atoms with van der Waals surface area (Å²) >= 11 is 3.46. The lowest BCUT2D eigenvalue weighted by atomic mass is 10.1. The fourth-order valence-corrected chi connectivity index (χ4v) is 3.18. The molecule has 2 aliphatic rings. The highest BCUT2D eigenvalue weighted by Crippen LogP contribution is 2.37. The van der Waals surface area contributed by atoms with Crippen molar-refractivity contribution in [2.75, 3.05) is 11.9 Å². The number of benzene rings is 1. The van der Waals surface area contributed by atoms with E-state index in [-0.39, 0.29) is 5.91 Å². The Morgan fingerprint density at radius 1 is 1.33 bits per heavy atom. The monoisotopic (exact) mass is 346 g/mol. The summed E-state index contributed by atoms with van der Waals surface area (Å²) in [4.78, 5) is 12.5. The number of hydrogen-bond donors (Lipinski definition) is 1. The summed E-state index contributed by atoms with van der Waals surface area (Å²) in [6.07, 6.45) is 5.20. The van der Waals surface area contributed by atoms with Crippen molar-refractivity contribution >= 4 is 27.5 Å². The van der Waals surface area contributed by atoms with Gasteiger partial charge in [0.2, 0.25) is 0 Å². The Labute approximate surface area is 131 Å². The molecule has 2 heterocycles. The van der Waals surface area contributed by atoms with E-state index in [1.807, 2.05) is 30.5 Å². The number of rotatable bonds is 3. The van der Waals surface area contributed by atoms with Crippen molar-refractivity contribution in [3.8, 4) is 5.75 Å². The first-order valence-corrected chi connectivity index (χ1v) is 7.94. The van der Waals surface area contributed by atoms with Gasteiger partial charge in [0, 0.05) is 28.8 Å². The zero-order chi connectivity index (χ0) is 14.4. The molecule has 0 unspecified atom stereocenters. The quantitative estimate of drug-likeness (QED) is 0.919. The molecule has 4 rings (SSSR count). The van der Waals surface area contributed by atoms with E-state index in [2.05, 4.69) is 25.8 Å². The summed E-state index contributed by atoms with van der Waals surface area (Å²) in [5.74, 6) is 0.864. The van der Waals surface area contributed by atoms with Crippen molar-refractivity contribution in [1.29, 1.82) is 0 Å². The highest BCUT2D eigenvalue weighted by Gasteiger charge is 2.27. The van der Waals surface area contributed by atoms with Crippen LogP contribution in [0.4, 0.5) is 5.69 Å². The Balaban J connectivity index is 1.58. The molecule has 1 saturated carbocycles. The van der Waals surface area contributed by atoms with E-state index in [4.69, 9.17) is 4.74 Å². The molecule has 1 aliphatic carbocycles. The van der Waals surface area contributed by atoms with E-state index in [9.17, 15) is 4.79 Å². The van der Waals surface area contributed by atoms with Crippen LogP contribution in [0.25, 0.3) is 0 Å². The first-order valence-electron chi connectivity index (χ1n) is 7.15. The molecule has 5 heteroatoms.